The number of aliphatic hydroxyl groups excluding tert-OH is 1. The number of nitrogens with zero attached hydrogens (tertiary/aromatic N) is 1. The quantitative estimate of drug-likeness (QED) is 0.690. The molecular weight excluding hydrogens is 240 g/mol. The van der Waals surface area contributed by atoms with Gasteiger partial charge < -0.3 is 10.4 Å². The lowest BCUT2D eigenvalue weighted by Crippen LogP contribution is -2.38. The molecule has 0 fully saturated rings. The van der Waals surface area contributed by atoms with Crippen molar-refractivity contribution in [1.29, 1.82) is 0 Å². The number of hydrogen-bond acceptors (Lipinski definition) is 3. The van der Waals surface area contributed by atoms with Crippen LogP contribution in [0.2, 0.25) is 0 Å². The highest BCUT2D eigenvalue weighted by Crippen LogP contribution is 2.05. The van der Waals surface area contributed by atoms with Crippen molar-refractivity contribution in [3.8, 4) is 0 Å². The second-order valence-corrected chi connectivity index (χ2v) is 4.45. The number of carbonyl (C=O) groups is 1. The topological polar surface area (TPSA) is 52.6 Å². The summed E-state index contributed by atoms with van der Waals surface area (Å²) in [6, 6.07) is 7.97. The van der Waals surface area contributed by atoms with E-state index in [9.17, 15) is 4.79 Å². The summed E-state index contributed by atoms with van der Waals surface area (Å²) in [5.41, 5.74) is 2.29. The molecule has 0 spiro atoms. The minimum atomic E-state index is -0.0430. The van der Waals surface area contributed by atoms with Gasteiger partial charge in [0, 0.05) is 19.6 Å². The number of aryl methyl sites for hydroxylation is 1. The molecule has 0 aliphatic carbocycles. The van der Waals surface area contributed by atoms with Crippen LogP contribution in [0.1, 0.15) is 11.1 Å². The molecule has 1 aromatic carbocycles. The van der Waals surface area contributed by atoms with Crippen LogP contribution in [0, 0.1) is 6.92 Å². The molecule has 0 heterocycles. The van der Waals surface area contributed by atoms with Crippen LogP contribution in [0.3, 0.4) is 0 Å². The van der Waals surface area contributed by atoms with Crippen LogP contribution < -0.4 is 5.32 Å². The predicted octanol–water partition coefficient (Wildman–Crippen LogP) is 1.09. The number of rotatable bonds is 8. The molecule has 0 atom stereocenters. The Morgan fingerprint density at radius 1 is 1.47 bits per heavy atom. The van der Waals surface area contributed by atoms with Gasteiger partial charge in [0.1, 0.15) is 0 Å². The molecule has 1 amide bonds. The van der Waals surface area contributed by atoms with Gasteiger partial charge in [0.05, 0.1) is 13.2 Å². The Kier molecular flexibility index (Phi) is 6.85. The van der Waals surface area contributed by atoms with E-state index >= 15 is 0 Å². The van der Waals surface area contributed by atoms with Gasteiger partial charge in [-0.3, -0.25) is 9.69 Å². The zero-order chi connectivity index (χ0) is 14.1. The van der Waals surface area contributed by atoms with Crippen LogP contribution in [0.4, 0.5) is 0 Å². The molecule has 0 radical (unpaired) electrons. The Bertz CT molecular complexity index is 418. The van der Waals surface area contributed by atoms with Gasteiger partial charge in [0.15, 0.2) is 0 Å². The monoisotopic (exact) mass is 262 g/mol. The first-order chi connectivity index (χ1) is 9.17. The van der Waals surface area contributed by atoms with E-state index < -0.39 is 0 Å². The van der Waals surface area contributed by atoms with Crippen molar-refractivity contribution < 1.29 is 9.90 Å². The molecule has 0 saturated carbocycles. The molecule has 0 aliphatic rings. The first-order valence-corrected chi connectivity index (χ1v) is 6.42. The van der Waals surface area contributed by atoms with Crippen molar-refractivity contribution in [3.05, 3.63) is 48.0 Å². The lowest BCUT2D eigenvalue weighted by atomic mass is 10.1. The molecule has 1 aromatic rings. The minimum Gasteiger partial charge on any atom is -0.395 e. The molecule has 0 unspecified atom stereocenters. The van der Waals surface area contributed by atoms with Crippen molar-refractivity contribution in [2.45, 2.75) is 13.5 Å². The average molecular weight is 262 g/mol. The van der Waals surface area contributed by atoms with E-state index in [1.807, 2.05) is 36.1 Å². The molecular formula is C15H22N2O2. The Balaban J connectivity index is 2.42. The molecule has 0 aromatic heterocycles. The summed E-state index contributed by atoms with van der Waals surface area (Å²) >= 11 is 0. The summed E-state index contributed by atoms with van der Waals surface area (Å²) in [6.07, 6.45) is 1.73. The molecule has 1 rings (SSSR count). The van der Waals surface area contributed by atoms with Gasteiger partial charge in [-0.2, -0.15) is 0 Å². The Morgan fingerprint density at radius 3 is 2.84 bits per heavy atom. The van der Waals surface area contributed by atoms with E-state index in [4.69, 9.17) is 5.11 Å². The summed E-state index contributed by atoms with van der Waals surface area (Å²) in [5.74, 6) is -0.0430. The largest absolute Gasteiger partial charge is 0.395 e. The lowest BCUT2D eigenvalue weighted by molar-refractivity contribution is -0.122. The van der Waals surface area contributed by atoms with Gasteiger partial charge in [-0.1, -0.05) is 30.3 Å². The van der Waals surface area contributed by atoms with Gasteiger partial charge in [-0.25, -0.2) is 0 Å². The highest BCUT2D eigenvalue weighted by Gasteiger charge is 2.08. The zero-order valence-corrected chi connectivity index (χ0v) is 11.4. The maximum atomic E-state index is 11.8. The van der Waals surface area contributed by atoms with E-state index in [2.05, 4.69) is 11.9 Å². The maximum Gasteiger partial charge on any atom is 0.234 e. The van der Waals surface area contributed by atoms with E-state index in [0.717, 1.165) is 5.56 Å². The number of nitrogens with one attached hydrogen (secondary N) is 1. The SMILES string of the molecule is C=CCN(CCO)CC(=O)NCc1ccccc1C. The van der Waals surface area contributed by atoms with Gasteiger partial charge in [0.25, 0.3) is 0 Å². The highest BCUT2D eigenvalue weighted by molar-refractivity contribution is 5.78. The van der Waals surface area contributed by atoms with Crippen LogP contribution in [0.5, 0.6) is 0 Å². The summed E-state index contributed by atoms with van der Waals surface area (Å²) in [7, 11) is 0. The first kappa shape index (κ1) is 15.4. The second-order valence-electron chi connectivity index (χ2n) is 4.45. The number of aliphatic hydroxyl groups is 1. The summed E-state index contributed by atoms with van der Waals surface area (Å²) in [6.45, 7) is 7.59. The summed E-state index contributed by atoms with van der Waals surface area (Å²) < 4.78 is 0. The third-order valence-electron chi connectivity index (χ3n) is 2.91. The lowest BCUT2D eigenvalue weighted by Gasteiger charge is -2.18. The highest BCUT2D eigenvalue weighted by atomic mass is 16.3. The number of benzene rings is 1. The standard InChI is InChI=1S/C15H22N2O2/c1-3-8-17(9-10-18)12-15(19)16-11-14-7-5-4-6-13(14)2/h3-7,18H,1,8-12H2,2H3,(H,16,19). The van der Waals surface area contributed by atoms with Crippen LogP contribution in [-0.4, -0.2) is 42.2 Å². The van der Waals surface area contributed by atoms with Gasteiger partial charge in [-0.05, 0) is 18.1 Å². The fraction of sp³-hybridized carbons (Fsp3) is 0.400. The normalized spacial score (nSPS) is 10.5. The predicted molar refractivity (Wildman–Crippen MR) is 76.7 cm³/mol. The average Bonchev–Trinajstić information content (AvgIpc) is 2.38. The van der Waals surface area contributed by atoms with Gasteiger partial charge in [-0.15, -0.1) is 6.58 Å². The fourth-order valence-corrected chi connectivity index (χ4v) is 1.82. The molecule has 4 heteroatoms. The van der Waals surface area contributed by atoms with E-state index in [1.54, 1.807) is 6.08 Å². The second kappa shape index (κ2) is 8.45. The Morgan fingerprint density at radius 2 is 2.21 bits per heavy atom. The number of amides is 1. The molecule has 2 N–H and O–H groups in total. The Hall–Kier alpha value is -1.65. The zero-order valence-electron chi connectivity index (χ0n) is 11.4. The summed E-state index contributed by atoms with van der Waals surface area (Å²) in [4.78, 5) is 13.7. The van der Waals surface area contributed by atoms with E-state index in [0.29, 0.717) is 19.6 Å². The molecule has 4 nitrogen and oxygen atoms in total. The minimum absolute atomic E-state index is 0.0406. The molecule has 104 valence electrons. The van der Waals surface area contributed by atoms with Crippen molar-refractivity contribution in [3.63, 3.8) is 0 Å². The van der Waals surface area contributed by atoms with Crippen molar-refractivity contribution >= 4 is 5.91 Å². The Labute approximate surface area is 114 Å². The third-order valence-corrected chi connectivity index (χ3v) is 2.91. The summed E-state index contributed by atoms with van der Waals surface area (Å²) in [5, 5.41) is 11.8. The fourth-order valence-electron chi connectivity index (χ4n) is 1.82. The molecule has 0 bridgehead atoms. The van der Waals surface area contributed by atoms with Crippen LogP contribution in [-0.2, 0) is 11.3 Å². The van der Waals surface area contributed by atoms with Crippen molar-refractivity contribution in [1.82, 2.24) is 10.2 Å². The van der Waals surface area contributed by atoms with E-state index in [1.165, 1.54) is 5.56 Å². The maximum absolute atomic E-state index is 11.8. The number of carbonyl (C=O) groups excluding carboxylic acids is 1. The number of hydrogen-bond donors (Lipinski definition) is 2. The van der Waals surface area contributed by atoms with E-state index in [-0.39, 0.29) is 19.1 Å². The van der Waals surface area contributed by atoms with Gasteiger partial charge in [0.2, 0.25) is 5.91 Å². The smallest absolute Gasteiger partial charge is 0.234 e. The third kappa shape index (κ3) is 5.68. The first-order valence-electron chi connectivity index (χ1n) is 6.42. The molecule has 19 heavy (non-hydrogen) atoms. The van der Waals surface area contributed by atoms with Crippen LogP contribution >= 0.6 is 0 Å². The van der Waals surface area contributed by atoms with Crippen LogP contribution in [0.15, 0.2) is 36.9 Å². The van der Waals surface area contributed by atoms with Crippen LogP contribution in [0.25, 0.3) is 0 Å². The van der Waals surface area contributed by atoms with Crippen molar-refractivity contribution in [2.75, 3.05) is 26.2 Å². The van der Waals surface area contributed by atoms with Crippen molar-refractivity contribution in [2.24, 2.45) is 0 Å². The molecule has 0 saturated heterocycles. The van der Waals surface area contributed by atoms with Gasteiger partial charge >= 0.3 is 0 Å². The molecule has 0 aliphatic heterocycles.